The van der Waals surface area contributed by atoms with Crippen LogP contribution in [-0.2, 0) is 9.53 Å². The highest BCUT2D eigenvalue weighted by Crippen LogP contribution is 2.39. The Bertz CT molecular complexity index is 531. The second-order valence-corrected chi connectivity index (χ2v) is 4.46. The second-order valence-electron chi connectivity index (χ2n) is 4.46. The van der Waals surface area contributed by atoms with Crippen LogP contribution in [0.1, 0.15) is 12.8 Å². The molecule has 7 nitrogen and oxygen atoms in total. The Morgan fingerprint density at radius 3 is 2.80 bits per heavy atom. The molecule has 1 unspecified atom stereocenters. The SMILES string of the molecule is COC(=O)C1CCCN1c1cccc(OC)c1[N+](=O)[O-]. The van der Waals surface area contributed by atoms with Gasteiger partial charge < -0.3 is 14.4 Å². The molecular formula is C13H16N2O5. The Morgan fingerprint density at radius 2 is 2.20 bits per heavy atom. The fourth-order valence-electron chi connectivity index (χ4n) is 2.53. The number of hydrogen-bond acceptors (Lipinski definition) is 6. The van der Waals surface area contributed by atoms with Gasteiger partial charge in [-0.05, 0) is 25.0 Å². The van der Waals surface area contributed by atoms with Gasteiger partial charge in [0.05, 0.1) is 19.1 Å². The zero-order chi connectivity index (χ0) is 14.7. The Hall–Kier alpha value is -2.31. The number of nitro groups is 1. The van der Waals surface area contributed by atoms with Crippen molar-refractivity contribution in [1.82, 2.24) is 0 Å². The van der Waals surface area contributed by atoms with Gasteiger partial charge in [0.15, 0.2) is 5.75 Å². The highest BCUT2D eigenvalue weighted by Gasteiger charge is 2.36. The zero-order valence-electron chi connectivity index (χ0n) is 11.4. The maximum atomic E-state index is 11.8. The van der Waals surface area contributed by atoms with Crippen molar-refractivity contribution >= 4 is 17.3 Å². The Kier molecular flexibility index (Phi) is 4.07. The summed E-state index contributed by atoms with van der Waals surface area (Å²) in [5.74, 6) is -0.192. The number of esters is 1. The molecule has 1 fully saturated rings. The standard InChI is InChI=1S/C13H16N2O5/c1-19-11-7-3-5-9(12(11)15(17)18)14-8-4-6-10(14)13(16)20-2/h3,5,7,10H,4,6,8H2,1-2H3. The summed E-state index contributed by atoms with van der Waals surface area (Å²) in [4.78, 5) is 24.3. The maximum absolute atomic E-state index is 11.8. The molecule has 0 amide bonds. The van der Waals surface area contributed by atoms with Crippen molar-refractivity contribution in [3.8, 4) is 5.75 Å². The molecule has 0 N–H and O–H groups in total. The van der Waals surface area contributed by atoms with E-state index in [1.54, 1.807) is 17.0 Å². The van der Waals surface area contributed by atoms with Crippen molar-refractivity contribution in [2.75, 3.05) is 25.7 Å². The fraction of sp³-hybridized carbons (Fsp3) is 0.462. The number of carbonyl (C=O) groups excluding carboxylic acids is 1. The van der Waals surface area contributed by atoms with Crippen molar-refractivity contribution in [3.05, 3.63) is 28.3 Å². The lowest BCUT2D eigenvalue weighted by molar-refractivity contribution is -0.385. The lowest BCUT2D eigenvalue weighted by Crippen LogP contribution is -2.37. The molecule has 1 aliphatic heterocycles. The van der Waals surface area contributed by atoms with Gasteiger partial charge in [-0.1, -0.05) is 6.07 Å². The van der Waals surface area contributed by atoms with Crippen LogP contribution in [0.3, 0.4) is 0 Å². The first-order chi connectivity index (χ1) is 9.60. The monoisotopic (exact) mass is 280 g/mol. The lowest BCUT2D eigenvalue weighted by Gasteiger charge is -2.24. The molecule has 1 atom stereocenters. The van der Waals surface area contributed by atoms with E-state index in [0.717, 1.165) is 6.42 Å². The first-order valence-corrected chi connectivity index (χ1v) is 6.26. The Morgan fingerprint density at radius 1 is 1.45 bits per heavy atom. The summed E-state index contributed by atoms with van der Waals surface area (Å²) in [5, 5.41) is 11.3. The minimum atomic E-state index is -0.485. The minimum Gasteiger partial charge on any atom is -0.490 e. The van der Waals surface area contributed by atoms with Crippen molar-refractivity contribution in [3.63, 3.8) is 0 Å². The Balaban J connectivity index is 2.46. The van der Waals surface area contributed by atoms with Gasteiger partial charge >= 0.3 is 11.7 Å². The third-order valence-electron chi connectivity index (χ3n) is 3.42. The number of hydrogen-bond donors (Lipinski definition) is 0. The van der Waals surface area contributed by atoms with Crippen LogP contribution in [0.4, 0.5) is 11.4 Å². The van der Waals surface area contributed by atoms with Gasteiger partial charge in [0.2, 0.25) is 0 Å². The number of nitrogens with zero attached hydrogens (tertiary/aromatic N) is 2. The molecule has 0 saturated carbocycles. The van der Waals surface area contributed by atoms with Gasteiger partial charge in [-0.2, -0.15) is 0 Å². The van der Waals surface area contributed by atoms with Crippen LogP contribution in [-0.4, -0.2) is 37.7 Å². The molecule has 1 aromatic rings. The summed E-state index contributed by atoms with van der Waals surface area (Å²) in [7, 11) is 2.70. The molecule has 20 heavy (non-hydrogen) atoms. The smallest absolute Gasteiger partial charge is 0.333 e. The van der Waals surface area contributed by atoms with Crippen LogP contribution >= 0.6 is 0 Å². The summed E-state index contributed by atoms with van der Waals surface area (Å²) in [6, 6.07) is 4.35. The molecule has 1 saturated heterocycles. The molecule has 0 bridgehead atoms. The van der Waals surface area contributed by atoms with Gasteiger partial charge in [0.25, 0.3) is 0 Å². The molecule has 0 aromatic heterocycles. The van der Waals surface area contributed by atoms with Crippen molar-refractivity contribution in [2.24, 2.45) is 0 Å². The summed E-state index contributed by atoms with van der Waals surface area (Å²) in [5.41, 5.74) is 0.271. The number of nitro benzene ring substituents is 1. The number of rotatable bonds is 4. The maximum Gasteiger partial charge on any atom is 0.333 e. The van der Waals surface area contributed by atoms with E-state index in [1.807, 2.05) is 0 Å². The second kappa shape index (κ2) is 5.77. The number of methoxy groups -OCH3 is 2. The van der Waals surface area contributed by atoms with Crippen LogP contribution in [0.25, 0.3) is 0 Å². The average Bonchev–Trinajstić information content (AvgIpc) is 2.94. The van der Waals surface area contributed by atoms with Crippen LogP contribution < -0.4 is 9.64 Å². The van der Waals surface area contributed by atoms with E-state index < -0.39 is 11.0 Å². The molecule has 0 aliphatic carbocycles. The highest BCUT2D eigenvalue weighted by molar-refractivity contribution is 5.83. The van der Waals surface area contributed by atoms with Gasteiger partial charge in [0.1, 0.15) is 11.7 Å². The lowest BCUT2D eigenvalue weighted by atomic mass is 10.2. The predicted octanol–water partition coefficient (Wildman–Crippen LogP) is 1.75. The topological polar surface area (TPSA) is 81.9 Å². The number of ether oxygens (including phenoxy) is 2. The molecule has 0 radical (unpaired) electrons. The Labute approximate surface area is 116 Å². The molecule has 1 aromatic carbocycles. The van der Waals surface area contributed by atoms with Crippen LogP contribution in [0.2, 0.25) is 0 Å². The van der Waals surface area contributed by atoms with Gasteiger partial charge in [0, 0.05) is 6.54 Å². The number of carbonyl (C=O) groups is 1. The largest absolute Gasteiger partial charge is 0.490 e. The van der Waals surface area contributed by atoms with Gasteiger partial charge in [-0.15, -0.1) is 0 Å². The normalized spacial score (nSPS) is 17.9. The fourth-order valence-corrected chi connectivity index (χ4v) is 2.53. The molecule has 0 spiro atoms. The van der Waals surface area contributed by atoms with Crippen LogP contribution in [0.15, 0.2) is 18.2 Å². The quantitative estimate of drug-likeness (QED) is 0.474. The van der Waals surface area contributed by atoms with Crippen molar-refractivity contribution in [2.45, 2.75) is 18.9 Å². The van der Waals surface area contributed by atoms with Crippen molar-refractivity contribution < 1.29 is 19.2 Å². The van der Waals surface area contributed by atoms with Crippen LogP contribution in [0.5, 0.6) is 5.75 Å². The average molecular weight is 280 g/mol. The van der Waals surface area contributed by atoms with E-state index in [0.29, 0.717) is 18.7 Å². The molecule has 1 heterocycles. The van der Waals surface area contributed by atoms with E-state index in [2.05, 4.69) is 0 Å². The summed E-state index contributed by atoms with van der Waals surface area (Å²) in [6.45, 7) is 0.577. The first-order valence-electron chi connectivity index (χ1n) is 6.26. The number of para-hydroxylation sites is 1. The molecule has 1 aliphatic rings. The number of anilines is 1. The van der Waals surface area contributed by atoms with E-state index in [1.165, 1.54) is 20.3 Å². The van der Waals surface area contributed by atoms with Gasteiger partial charge in [-0.25, -0.2) is 4.79 Å². The van der Waals surface area contributed by atoms with Gasteiger partial charge in [-0.3, -0.25) is 10.1 Å². The molecular weight excluding hydrogens is 264 g/mol. The summed E-state index contributed by atoms with van der Waals surface area (Å²) < 4.78 is 9.81. The van der Waals surface area contributed by atoms with E-state index in [9.17, 15) is 14.9 Å². The molecule has 108 valence electrons. The first kappa shape index (κ1) is 14.1. The van der Waals surface area contributed by atoms with E-state index >= 15 is 0 Å². The zero-order valence-corrected chi connectivity index (χ0v) is 11.4. The van der Waals surface area contributed by atoms with Crippen molar-refractivity contribution in [1.29, 1.82) is 0 Å². The minimum absolute atomic E-state index is 0.120. The van der Waals surface area contributed by atoms with Crippen LogP contribution in [0, 0.1) is 10.1 Å². The summed E-state index contributed by atoms with van der Waals surface area (Å²) in [6.07, 6.45) is 1.41. The summed E-state index contributed by atoms with van der Waals surface area (Å²) >= 11 is 0. The molecule has 7 heteroatoms. The third-order valence-corrected chi connectivity index (χ3v) is 3.42. The number of benzene rings is 1. The third kappa shape index (κ3) is 2.38. The predicted molar refractivity (Wildman–Crippen MR) is 72.0 cm³/mol. The van der Waals surface area contributed by atoms with E-state index in [-0.39, 0.29) is 17.4 Å². The molecule has 2 rings (SSSR count). The van der Waals surface area contributed by atoms with E-state index in [4.69, 9.17) is 9.47 Å². The highest BCUT2D eigenvalue weighted by atomic mass is 16.6.